The Morgan fingerprint density at radius 3 is 2.37 bits per heavy atom. The van der Waals surface area contributed by atoms with Crippen molar-refractivity contribution in [2.24, 2.45) is 0 Å². The summed E-state index contributed by atoms with van der Waals surface area (Å²) in [6.07, 6.45) is 3.22. The topological polar surface area (TPSA) is 75.3 Å². The highest BCUT2D eigenvalue weighted by Gasteiger charge is 2.09. The highest BCUT2D eigenvalue weighted by Crippen LogP contribution is 2.17. The third-order valence-corrected chi connectivity index (χ3v) is 4.69. The van der Waals surface area contributed by atoms with Crippen LogP contribution in [-0.4, -0.2) is 27.1 Å². The molecule has 0 heterocycles. The van der Waals surface area contributed by atoms with Crippen LogP contribution in [0.4, 0.5) is 10.1 Å². The number of anilines is 1. The molecule has 0 radical (unpaired) electrons. The fourth-order valence-electron chi connectivity index (χ4n) is 2.51. The summed E-state index contributed by atoms with van der Waals surface area (Å²) < 4.78 is 38.3. The van der Waals surface area contributed by atoms with Crippen molar-refractivity contribution in [1.82, 2.24) is 5.32 Å². The molecule has 0 aliphatic heterocycles. The average molecular weight is 413 g/mol. The Morgan fingerprint density at radius 1 is 1.07 bits per heavy atom. The number of hydrogen-bond acceptors (Lipinski definition) is 3. The van der Waals surface area contributed by atoms with Gasteiger partial charge in [-0.05, 0) is 54.7 Å². The van der Waals surface area contributed by atoms with E-state index in [2.05, 4.69) is 10.0 Å². The lowest BCUT2D eigenvalue weighted by molar-refractivity contribution is -0.121. The summed E-state index contributed by atoms with van der Waals surface area (Å²) in [7, 11) is -3.53. The minimum absolute atomic E-state index is 0.104. The predicted octanol–water partition coefficient (Wildman–Crippen LogP) is 3.53. The fourth-order valence-corrected chi connectivity index (χ4v) is 3.21. The SMILES string of the molecule is CS(=O)(=O)Nc1ccc(CCC(=O)NCCCc2ccc(Cl)cc2)cc1F. The molecule has 0 atom stereocenters. The molecule has 0 bridgehead atoms. The fraction of sp³-hybridized carbons (Fsp3) is 0.316. The second-order valence-corrected chi connectivity index (χ2v) is 8.45. The van der Waals surface area contributed by atoms with Crippen LogP contribution in [0, 0.1) is 5.82 Å². The van der Waals surface area contributed by atoms with E-state index >= 15 is 0 Å². The summed E-state index contributed by atoms with van der Waals surface area (Å²) in [5, 5.41) is 3.54. The van der Waals surface area contributed by atoms with Gasteiger partial charge >= 0.3 is 0 Å². The molecule has 0 aliphatic rings. The molecule has 2 aromatic rings. The van der Waals surface area contributed by atoms with Gasteiger partial charge in [-0.15, -0.1) is 0 Å². The number of hydrogen-bond donors (Lipinski definition) is 2. The maximum absolute atomic E-state index is 13.9. The van der Waals surface area contributed by atoms with E-state index in [9.17, 15) is 17.6 Å². The number of benzene rings is 2. The lowest BCUT2D eigenvalue weighted by atomic mass is 10.1. The molecule has 146 valence electrons. The summed E-state index contributed by atoms with van der Waals surface area (Å²) in [5.74, 6) is -0.772. The first-order valence-electron chi connectivity index (χ1n) is 8.50. The van der Waals surface area contributed by atoms with Crippen molar-refractivity contribution in [1.29, 1.82) is 0 Å². The number of nitrogens with one attached hydrogen (secondary N) is 2. The standard InChI is InChI=1S/C19H22ClFN2O3S/c1-27(25,26)23-18-10-6-15(13-17(18)21)7-11-19(24)22-12-2-3-14-4-8-16(20)9-5-14/h4-6,8-10,13,23H,2-3,7,11-12H2,1H3,(H,22,24). The van der Waals surface area contributed by atoms with Crippen LogP contribution in [-0.2, 0) is 27.7 Å². The van der Waals surface area contributed by atoms with Crippen LogP contribution in [0.15, 0.2) is 42.5 Å². The first kappa shape index (κ1) is 21.2. The number of aryl methyl sites for hydroxylation is 2. The van der Waals surface area contributed by atoms with Gasteiger partial charge in [-0.1, -0.05) is 29.8 Å². The second-order valence-electron chi connectivity index (χ2n) is 6.27. The Bertz CT molecular complexity index is 886. The molecule has 2 N–H and O–H groups in total. The molecule has 0 saturated heterocycles. The molecule has 2 rings (SSSR count). The van der Waals surface area contributed by atoms with E-state index in [-0.39, 0.29) is 18.0 Å². The molecule has 8 heteroatoms. The Balaban J connectivity index is 1.72. The summed E-state index contributed by atoms with van der Waals surface area (Å²) in [6, 6.07) is 11.8. The lowest BCUT2D eigenvalue weighted by Gasteiger charge is -2.08. The third kappa shape index (κ3) is 7.97. The van der Waals surface area contributed by atoms with E-state index < -0.39 is 15.8 Å². The zero-order valence-corrected chi connectivity index (χ0v) is 16.5. The Kier molecular flexibility index (Phi) is 7.62. The smallest absolute Gasteiger partial charge is 0.229 e. The minimum Gasteiger partial charge on any atom is -0.356 e. The van der Waals surface area contributed by atoms with Gasteiger partial charge in [-0.25, -0.2) is 12.8 Å². The minimum atomic E-state index is -3.53. The number of carbonyl (C=O) groups excluding carboxylic acids is 1. The largest absolute Gasteiger partial charge is 0.356 e. The Hall–Kier alpha value is -2.12. The monoisotopic (exact) mass is 412 g/mol. The van der Waals surface area contributed by atoms with Crippen molar-refractivity contribution in [2.45, 2.75) is 25.7 Å². The van der Waals surface area contributed by atoms with E-state index in [1.807, 2.05) is 24.3 Å². The van der Waals surface area contributed by atoms with E-state index in [0.29, 0.717) is 23.6 Å². The van der Waals surface area contributed by atoms with Crippen LogP contribution in [0.25, 0.3) is 0 Å². The van der Waals surface area contributed by atoms with Gasteiger partial charge in [0.2, 0.25) is 15.9 Å². The highest BCUT2D eigenvalue weighted by atomic mass is 35.5. The van der Waals surface area contributed by atoms with Gasteiger partial charge in [0.1, 0.15) is 5.82 Å². The quantitative estimate of drug-likeness (QED) is 0.618. The normalized spacial score (nSPS) is 11.2. The molecule has 0 saturated carbocycles. The molecule has 27 heavy (non-hydrogen) atoms. The van der Waals surface area contributed by atoms with Crippen LogP contribution >= 0.6 is 11.6 Å². The van der Waals surface area contributed by atoms with Crippen molar-refractivity contribution >= 4 is 33.2 Å². The van der Waals surface area contributed by atoms with Crippen LogP contribution < -0.4 is 10.0 Å². The molecule has 0 spiro atoms. The first-order valence-corrected chi connectivity index (χ1v) is 10.8. The Labute approximate surface area is 164 Å². The van der Waals surface area contributed by atoms with E-state index in [1.54, 1.807) is 6.07 Å². The van der Waals surface area contributed by atoms with Gasteiger partial charge in [0.25, 0.3) is 0 Å². The van der Waals surface area contributed by atoms with Crippen LogP contribution in [0.2, 0.25) is 5.02 Å². The molecule has 0 fully saturated rings. The van der Waals surface area contributed by atoms with E-state index in [0.717, 1.165) is 24.7 Å². The number of halogens is 2. The third-order valence-electron chi connectivity index (χ3n) is 3.85. The summed E-state index contributed by atoms with van der Waals surface area (Å²) in [4.78, 5) is 11.9. The number of sulfonamides is 1. The van der Waals surface area contributed by atoms with Crippen LogP contribution in [0.3, 0.4) is 0 Å². The van der Waals surface area contributed by atoms with Crippen molar-refractivity contribution < 1.29 is 17.6 Å². The number of rotatable bonds is 9. The van der Waals surface area contributed by atoms with Crippen LogP contribution in [0.1, 0.15) is 24.0 Å². The number of amides is 1. The molecule has 1 amide bonds. The zero-order chi connectivity index (χ0) is 19.9. The van der Waals surface area contributed by atoms with Crippen LogP contribution in [0.5, 0.6) is 0 Å². The molecule has 0 unspecified atom stereocenters. The molecule has 5 nitrogen and oxygen atoms in total. The summed E-state index contributed by atoms with van der Waals surface area (Å²) >= 11 is 5.84. The maximum atomic E-state index is 13.9. The lowest BCUT2D eigenvalue weighted by Crippen LogP contribution is -2.25. The van der Waals surface area contributed by atoms with Crippen molar-refractivity contribution in [2.75, 3.05) is 17.5 Å². The van der Waals surface area contributed by atoms with E-state index in [1.165, 1.54) is 12.1 Å². The highest BCUT2D eigenvalue weighted by molar-refractivity contribution is 7.92. The first-order chi connectivity index (χ1) is 12.7. The van der Waals surface area contributed by atoms with E-state index in [4.69, 9.17) is 11.6 Å². The molecule has 2 aromatic carbocycles. The second kappa shape index (κ2) is 9.71. The van der Waals surface area contributed by atoms with Crippen molar-refractivity contribution in [3.8, 4) is 0 Å². The van der Waals surface area contributed by atoms with Crippen molar-refractivity contribution in [3.05, 3.63) is 64.4 Å². The molecule has 0 aliphatic carbocycles. The van der Waals surface area contributed by atoms with Gasteiger partial charge in [-0.3, -0.25) is 9.52 Å². The average Bonchev–Trinajstić information content (AvgIpc) is 2.59. The van der Waals surface area contributed by atoms with Gasteiger partial charge < -0.3 is 5.32 Å². The number of carbonyl (C=O) groups is 1. The maximum Gasteiger partial charge on any atom is 0.229 e. The zero-order valence-electron chi connectivity index (χ0n) is 15.0. The Morgan fingerprint density at radius 2 is 1.74 bits per heavy atom. The predicted molar refractivity (Wildman–Crippen MR) is 106 cm³/mol. The molecular formula is C19H22ClFN2O3S. The van der Waals surface area contributed by atoms with Gasteiger partial charge in [0, 0.05) is 18.0 Å². The van der Waals surface area contributed by atoms with Gasteiger partial charge in [0.15, 0.2) is 0 Å². The summed E-state index contributed by atoms with van der Waals surface area (Å²) in [5.41, 5.74) is 1.68. The molecule has 0 aromatic heterocycles. The summed E-state index contributed by atoms with van der Waals surface area (Å²) in [6.45, 7) is 0.563. The molecular weight excluding hydrogens is 391 g/mol. The van der Waals surface area contributed by atoms with Gasteiger partial charge in [-0.2, -0.15) is 0 Å². The van der Waals surface area contributed by atoms with Crippen molar-refractivity contribution in [3.63, 3.8) is 0 Å². The van der Waals surface area contributed by atoms with Gasteiger partial charge in [0.05, 0.1) is 11.9 Å².